The average Bonchev–Trinajstić information content (AvgIpc) is 3.07. The lowest BCUT2D eigenvalue weighted by atomic mass is 9.43. The molecule has 0 bridgehead atoms. The summed E-state index contributed by atoms with van der Waals surface area (Å²) in [5, 5.41) is 11.6. The van der Waals surface area contributed by atoms with Crippen LogP contribution in [-0.2, 0) is 9.53 Å². The molecule has 0 amide bonds. The highest BCUT2D eigenvalue weighted by atomic mass is 79.9. The Labute approximate surface area is 211 Å². The summed E-state index contributed by atoms with van der Waals surface area (Å²) in [5.41, 5.74) is 0.504. The second kappa shape index (κ2) is 9.41. The zero-order valence-corrected chi connectivity index (χ0v) is 23.6. The first-order chi connectivity index (χ1) is 15.4. The van der Waals surface area contributed by atoms with Crippen LogP contribution < -0.4 is 0 Å². The summed E-state index contributed by atoms with van der Waals surface area (Å²) in [6.07, 6.45) is 12.6. The van der Waals surface area contributed by atoms with Crippen LogP contribution in [0.4, 0.5) is 0 Å². The third-order valence-corrected chi connectivity index (χ3v) is 13.0. The van der Waals surface area contributed by atoms with Gasteiger partial charge in [-0.05, 0) is 91.3 Å². The van der Waals surface area contributed by atoms with E-state index in [1.165, 1.54) is 51.9 Å². The van der Waals surface area contributed by atoms with Crippen molar-refractivity contribution >= 4 is 21.9 Å². The maximum absolute atomic E-state index is 11.6. The number of ether oxygens (including phenoxy) is 1. The van der Waals surface area contributed by atoms with Gasteiger partial charge in [0.2, 0.25) is 0 Å². The number of hydrogen-bond donors (Lipinski definition) is 1. The van der Waals surface area contributed by atoms with Crippen LogP contribution in [0.3, 0.4) is 0 Å². The van der Waals surface area contributed by atoms with Gasteiger partial charge in [-0.2, -0.15) is 0 Å². The fourth-order valence-corrected chi connectivity index (χ4v) is 10.6. The van der Waals surface area contributed by atoms with Gasteiger partial charge in [-0.15, -0.1) is 0 Å². The number of rotatable bonds is 6. The molecule has 4 rings (SSSR count). The van der Waals surface area contributed by atoms with Crippen LogP contribution >= 0.6 is 15.9 Å². The Kier molecular flexibility index (Phi) is 7.41. The number of carbonyl (C=O) groups is 1. The molecule has 0 aromatic heterocycles. The minimum atomic E-state index is -0.369. The van der Waals surface area contributed by atoms with Gasteiger partial charge in [-0.1, -0.05) is 69.8 Å². The average molecular weight is 526 g/mol. The van der Waals surface area contributed by atoms with Crippen LogP contribution in [0.5, 0.6) is 0 Å². The van der Waals surface area contributed by atoms with Crippen molar-refractivity contribution in [1.82, 2.24) is 0 Å². The smallest absolute Gasteiger partial charge is 0.302 e. The number of hydrogen-bond acceptors (Lipinski definition) is 3. The fourth-order valence-electron chi connectivity index (χ4n) is 9.56. The molecule has 4 saturated carbocycles. The summed E-state index contributed by atoms with van der Waals surface area (Å²) in [6.45, 7) is 13.8. The number of halogens is 1. The summed E-state index contributed by atoms with van der Waals surface area (Å²) in [5.74, 6) is 4.31. The lowest BCUT2D eigenvalue weighted by Crippen LogP contribution is -2.66. The second-order valence-corrected chi connectivity index (χ2v) is 14.8. The summed E-state index contributed by atoms with van der Waals surface area (Å²) in [7, 11) is 0. The van der Waals surface area contributed by atoms with Crippen LogP contribution in [0.1, 0.15) is 112 Å². The summed E-state index contributed by atoms with van der Waals surface area (Å²) < 4.78 is 5.29. The highest BCUT2D eigenvalue weighted by molar-refractivity contribution is 9.10. The van der Waals surface area contributed by atoms with Crippen molar-refractivity contribution < 1.29 is 14.6 Å². The maximum Gasteiger partial charge on any atom is 0.302 e. The van der Waals surface area contributed by atoms with E-state index >= 15 is 0 Å². The molecule has 3 nitrogen and oxygen atoms in total. The van der Waals surface area contributed by atoms with E-state index in [0.717, 1.165) is 49.4 Å². The molecule has 0 spiro atoms. The highest BCUT2D eigenvalue weighted by Crippen LogP contribution is 2.70. The van der Waals surface area contributed by atoms with Crippen molar-refractivity contribution in [2.75, 3.05) is 0 Å². The van der Waals surface area contributed by atoms with E-state index < -0.39 is 0 Å². The van der Waals surface area contributed by atoms with Crippen LogP contribution in [0, 0.1) is 46.3 Å². The number of aliphatic hydroxyl groups is 1. The normalized spacial score (nSPS) is 48.0. The molecule has 0 aromatic rings. The first-order valence-electron chi connectivity index (χ1n) is 14.0. The number of aliphatic hydroxyl groups excluding tert-OH is 1. The minimum absolute atomic E-state index is 0.0638. The predicted molar refractivity (Wildman–Crippen MR) is 138 cm³/mol. The lowest BCUT2D eigenvalue weighted by molar-refractivity contribution is -0.170. The molecule has 10 atom stereocenters. The standard InChI is InChI=1S/C29H49BrO3/c1-18(2)8-7-9-19(3)23-10-11-24-22-16-26(32)29(30)17-21(33-20(4)31)12-15-28(29,6)25(22)13-14-27(23,24)5/h18-19,21-26,32H,7-17H2,1-6H3/t19?,21-,22-,23+,24-,25-,26+,27+,28+,29-/m0/s1. The van der Waals surface area contributed by atoms with E-state index in [0.29, 0.717) is 17.3 Å². The van der Waals surface area contributed by atoms with Crippen molar-refractivity contribution in [3.8, 4) is 0 Å². The van der Waals surface area contributed by atoms with Gasteiger partial charge in [0.15, 0.2) is 0 Å². The number of fused-ring (bicyclic) bond motifs is 5. The molecular formula is C29H49BrO3. The van der Waals surface area contributed by atoms with E-state index in [-0.39, 0.29) is 27.9 Å². The molecule has 4 aliphatic carbocycles. The Hall–Kier alpha value is -0.0900. The van der Waals surface area contributed by atoms with Gasteiger partial charge in [0.25, 0.3) is 0 Å². The molecule has 1 N–H and O–H groups in total. The van der Waals surface area contributed by atoms with Crippen LogP contribution in [0.2, 0.25) is 0 Å². The van der Waals surface area contributed by atoms with Crippen molar-refractivity contribution in [2.45, 2.75) is 129 Å². The molecule has 4 fully saturated rings. The third-order valence-electron chi connectivity index (χ3n) is 11.3. The van der Waals surface area contributed by atoms with E-state index in [4.69, 9.17) is 4.74 Å². The first kappa shape index (κ1) is 26.0. The Morgan fingerprint density at radius 1 is 1.06 bits per heavy atom. The maximum atomic E-state index is 11.6. The van der Waals surface area contributed by atoms with Gasteiger partial charge >= 0.3 is 5.97 Å². The van der Waals surface area contributed by atoms with Crippen LogP contribution in [0.15, 0.2) is 0 Å². The molecule has 190 valence electrons. The zero-order valence-electron chi connectivity index (χ0n) is 22.0. The van der Waals surface area contributed by atoms with Crippen molar-refractivity contribution in [3.63, 3.8) is 0 Å². The van der Waals surface area contributed by atoms with Gasteiger partial charge in [-0.25, -0.2) is 0 Å². The highest BCUT2D eigenvalue weighted by Gasteiger charge is 2.67. The van der Waals surface area contributed by atoms with Crippen molar-refractivity contribution in [3.05, 3.63) is 0 Å². The molecule has 0 aromatic carbocycles. The summed E-state index contributed by atoms with van der Waals surface area (Å²) >= 11 is 4.11. The van der Waals surface area contributed by atoms with Gasteiger partial charge in [0.05, 0.1) is 10.4 Å². The Morgan fingerprint density at radius 2 is 1.79 bits per heavy atom. The third kappa shape index (κ3) is 4.36. The zero-order chi connectivity index (χ0) is 24.2. The lowest BCUT2D eigenvalue weighted by Gasteiger charge is -2.65. The van der Waals surface area contributed by atoms with Gasteiger partial charge in [-0.3, -0.25) is 4.79 Å². The molecule has 0 aliphatic heterocycles. The Bertz CT molecular complexity index is 724. The minimum Gasteiger partial charge on any atom is -0.463 e. The number of carbonyl (C=O) groups excluding carboxylic acids is 1. The SMILES string of the molecule is CC(=O)O[C@H]1CC[C@]2(C)[C@H]3CC[C@]4(C)[C@@H](C(C)CCCC(C)C)CC[C@H]4[C@@H]3C[C@@H](O)[C@@]2(Br)C1. The predicted octanol–water partition coefficient (Wildman–Crippen LogP) is 7.53. The topological polar surface area (TPSA) is 46.5 Å². The van der Waals surface area contributed by atoms with E-state index in [1.807, 2.05) is 0 Å². The van der Waals surface area contributed by atoms with Crippen LogP contribution in [0.25, 0.3) is 0 Å². The van der Waals surface area contributed by atoms with Crippen molar-refractivity contribution in [1.29, 1.82) is 0 Å². The largest absolute Gasteiger partial charge is 0.463 e. The van der Waals surface area contributed by atoms with Crippen molar-refractivity contribution in [2.24, 2.45) is 46.3 Å². The second-order valence-electron chi connectivity index (χ2n) is 13.4. The monoisotopic (exact) mass is 524 g/mol. The summed E-state index contributed by atoms with van der Waals surface area (Å²) in [4.78, 5) is 11.6. The molecule has 4 heteroatoms. The molecule has 4 aliphatic rings. The van der Waals surface area contributed by atoms with Crippen LogP contribution in [-0.4, -0.2) is 27.6 Å². The fraction of sp³-hybridized carbons (Fsp3) is 0.966. The van der Waals surface area contributed by atoms with E-state index in [9.17, 15) is 9.90 Å². The molecule has 33 heavy (non-hydrogen) atoms. The van der Waals surface area contributed by atoms with E-state index in [2.05, 4.69) is 50.5 Å². The Morgan fingerprint density at radius 3 is 2.45 bits per heavy atom. The van der Waals surface area contributed by atoms with Gasteiger partial charge < -0.3 is 9.84 Å². The van der Waals surface area contributed by atoms with E-state index in [1.54, 1.807) is 0 Å². The number of alkyl halides is 1. The molecule has 0 radical (unpaired) electrons. The first-order valence-corrected chi connectivity index (χ1v) is 14.8. The molecular weight excluding hydrogens is 476 g/mol. The Balaban J connectivity index is 1.51. The molecule has 0 saturated heterocycles. The van der Waals surface area contributed by atoms with Gasteiger partial charge in [0.1, 0.15) is 6.10 Å². The number of esters is 1. The van der Waals surface area contributed by atoms with Gasteiger partial charge in [0, 0.05) is 13.3 Å². The molecule has 0 heterocycles. The quantitative estimate of drug-likeness (QED) is 0.288. The molecule has 1 unspecified atom stereocenters. The summed E-state index contributed by atoms with van der Waals surface area (Å²) in [6, 6.07) is 0.